The number of anilines is 1. The highest BCUT2D eigenvalue weighted by molar-refractivity contribution is 9.10. The van der Waals surface area contributed by atoms with Gasteiger partial charge in [-0.2, -0.15) is 0 Å². The lowest BCUT2D eigenvalue weighted by Crippen LogP contribution is -2.32. The Morgan fingerprint density at radius 1 is 1.28 bits per heavy atom. The van der Waals surface area contributed by atoms with Crippen molar-refractivity contribution in [1.82, 2.24) is 10.3 Å². The fourth-order valence-corrected chi connectivity index (χ4v) is 4.21. The second-order valence-corrected chi connectivity index (χ2v) is 8.09. The summed E-state index contributed by atoms with van der Waals surface area (Å²) in [5.74, 6) is -0.579. The molecule has 2 aromatic heterocycles. The maximum Gasteiger partial charge on any atom is 0.263 e. The number of rotatable bonds is 5. The highest BCUT2D eigenvalue weighted by Crippen LogP contribution is 2.28. The van der Waals surface area contributed by atoms with Crippen molar-refractivity contribution >= 4 is 56.1 Å². The van der Waals surface area contributed by atoms with Gasteiger partial charge in [-0.3, -0.25) is 9.59 Å². The first-order chi connectivity index (χ1) is 12.0. The van der Waals surface area contributed by atoms with Gasteiger partial charge in [0.25, 0.3) is 5.91 Å². The van der Waals surface area contributed by atoms with E-state index in [0.717, 1.165) is 25.6 Å². The number of carbonyl (C=O) groups is 2. The number of nitrogens with one attached hydrogen (secondary N) is 2. The fourth-order valence-electron chi connectivity index (χ4n) is 2.10. The predicted octanol–water partition coefficient (Wildman–Crippen LogP) is 4.31. The molecule has 0 unspecified atom stereocenters. The molecule has 0 spiro atoms. The highest BCUT2D eigenvalue weighted by atomic mass is 79.9. The van der Waals surface area contributed by atoms with Crippen LogP contribution in [-0.2, 0) is 4.79 Å². The molecular formula is C17H14BrN3O2S2. The van der Waals surface area contributed by atoms with E-state index in [-0.39, 0.29) is 18.4 Å². The second-order valence-electron chi connectivity index (χ2n) is 5.20. The van der Waals surface area contributed by atoms with Crippen LogP contribution < -0.4 is 10.6 Å². The van der Waals surface area contributed by atoms with E-state index in [9.17, 15) is 9.59 Å². The van der Waals surface area contributed by atoms with E-state index in [1.54, 1.807) is 11.3 Å². The van der Waals surface area contributed by atoms with Gasteiger partial charge in [-0.05, 0) is 42.1 Å². The lowest BCUT2D eigenvalue weighted by atomic mass is 10.2. The normalized spacial score (nSPS) is 10.5. The molecule has 128 valence electrons. The molecular weight excluding hydrogens is 422 g/mol. The lowest BCUT2D eigenvalue weighted by molar-refractivity contribution is -0.115. The molecule has 5 nitrogen and oxygen atoms in total. The van der Waals surface area contributed by atoms with E-state index in [0.29, 0.717) is 4.88 Å². The molecule has 0 saturated heterocycles. The third-order valence-corrected chi connectivity index (χ3v) is 5.86. The van der Waals surface area contributed by atoms with Crippen molar-refractivity contribution in [2.45, 2.75) is 6.92 Å². The van der Waals surface area contributed by atoms with Crippen LogP contribution in [0.25, 0.3) is 9.88 Å². The largest absolute Gasteiger partial charge is 0.342 e. The Hall–Kier alpha value is -2.03. The van der Waals surface area contributed by atoms with Gasteiger partial charge in [0.1, 0.15) is 9.88 Å². The Labute approximate surface area is 161 Å². The summed E-state index contributed by atoms with van der Waals surface area (Å²) in [5.41, 5.74) is 1.66. The van der Waals surface area contributed by atoms with E-state index in [1.807, 2.05) is 42.6 Å². The fraction of sp³-hybridized carbons (Fsp3) is 0.118. The number of thiophene rings is 1. The molecule has 2 N–H and O–H groups in total. The number of hydrogen-bond donors (Lipinski definition) is 2. The van der Waals surface area contributed by atoms with E-state index in [1.165, 1.54) is 17.5 Å². The van der Waals surface area contributed by atoms with Crippen molar-refractivity contribution in [3.8, 4) is 9.88 Å². The number of aryl methyl sites for hydroxylation is 1. The van der Waals surface area contributed by atoms with Crippen LogP contribution >= 0.6 is 38.6 Å². The summed E-state index contributed by atoms with van der Waals surface area (Å²) in [5, 5.41) is 8.17. The predicted molar refractivity (Wildman–Crippen MR) is 105 cm³/mol. The standard InChI is InChI=1S/C17H14BrN3O2S2/c1-10-7-11(18)4-5-12(10)21-15(22)9-19-16(23)14-8-20-17(25-14)13-3-2-6-24-13/h2-8H,9H2,1H3,(H,19,23)(H,21,22). The van der Waals surface area contributed by atoms with Gasteiger partial charge in [-0.15, -0.1) is 22.7 Å². The molecule has 1 aromatic carbocycles. The first kappa shape index (κ1) is 17.8. The number of hydrogen-bond acceptors (Lipinski definition) is 5. The lowest BCUT2D eigenvalue weighted by Gasteiger charge is -2.09. The number of halogens is 1. The summed E-state index contributed by atoms with van der Waals surface area (Å²) in [4.78, 5) is 30.0. The Morgan fingerprint density at radius 2 is 2.12 bits per heavy atom. The molecule has 0 atom stereocenters. The zero-order chi connectivity index (χ0) is 17.8. The van der Waals surface area contributed by atoms with Gasteiger partial charge in [-0.1, -0.05) is 22.0 Å². The van der Waals surface area contributed by atoms with E-state index < -0.39 is 0 Å². The molecule has 0 saturated carbocycles. The van der Waals surface area contributed by atoms with Crippen LogP contribution in [0, 0.1) is 6.92 Å². The molecule has 0 aliphatic carbocycles. The van der Waals surface area contributed by atoms with Crippen LogP contribution in [0.3, 0.4) is 0 Å². The van der Waals surface area contributed by atoms with Crippen LogP contribution in [0.2, 0.25) is 0 Å². The van der Waals surface area contributed by atoms with Crippen molar-refractivity contribution in [3.63, 3.8) is 0 Å². The number of amides is 2. The molecule has 0 bridgehead atoms. The summed E-state index contributed by atoms with van der Waals surface area (Å²) in [7, 11) is 0. The van der Waals surface area contributed by atoms with Gasteiger partial charge >= 0.3 is 0 Å². The van der Waals surface area contributed by atoms with Crippen molar-refractivity contribution < 1.29 is 9.59 Å². The van der Waals surface area contributed by atoms with Crippen LogP contribution in [0.5, 0.6) is 0 Å². The molecule has 3 rings (SSSR count). The topological polar surface area (TPSA) is 71.1 Å². The van der Waals surface area contributed by atoms with Gasteiger partial charge in [0, 0.05) is 10.2 Å². The minimum absolute atomic E-state index is 0.0967. The first-order valence-electron chi connectivity index (χ1n) is 7.37. The molecule has 2 heterocycles. The Bertz CT molecular complexity index is 907. The molecule has 2 amide bonds. The van der Waals surface area contributed by atoms with Gasteiger partial charge in [0.15, 0.2) is 0 Å². The molecule has 0 fully saturated rings. The molecule has 0 aliphatic heterocycles. The molecule has 3 aromatic rings. The summed E-state index contributed by atoms with van der Waals surface area (Å²) >= 11 is 6.26. The van der Waals surface area contributed by atoms with Crippen LogP contribution in [0.1, 0.15) is 15.2 Å². The van der Waals surface area contributed by atoms with Gasteiger partial charge < -0.3 is 10.6 Å². The average Bonchev–Trinajstić information content (AvgIpc) is 3.26. The quantitative estimate of drug-likeness (QED) is 0.626. The number of aromatic nitrogens is 1. The highest BCUT2D eigenvalue weighted by Gasteiger charge is 2.13. The summed E-state index contributed by atoms with van der Waals surface area (Å²) in [6.45, 7) is 1.81. The smallest absolute Gasteiger partial charge is 0.263 e. The SMILES string of the molecule is Cc1cc(Br)ccc1NC(=O)CNC(=O)c1cnc(-c2cccs2)s1. The molecule has 25 heavy (non-hydrogen) atoms. The Morgan fingerprint density at radius 3 is 2.84 bits per heavy atom. The Balaban J connectivity index is 1.56. The van der Waals surface area contributed by atoms with E-state index in [2.05, 4.69) is 31.5 Å². The van der Waals surface area contributed by atoms with Gasteiger partial charge in [0.2, 0.25) is 5.91 Å². The van der Waals surface area contributed by atoms with Crippen LogP contribution in [0.4, 0.5) is 5.69 Å². The second kappa shape index (κ2) is 7.90. The third-order valence-electron chi connectivity index (χ3n) is 3.33. The van der Waals surface area contributed by atoms with Crippen LogP contribution in [-0.4, -0.2) is 23.3 Å². The first-order valence-corrected chi connectivity index (χ1v) is 9.86. The van der Waals surface area contributed by atoms with Crippen molar-refractivity contribution in [1.29, 1.82) is 0 Å². The zero-order valence-electron chi connectivity index (χ0n) is 13.2. The van der Waals surface area contributed by atoms with E-state index in [4.69, 9.17) is 0 Å². The third kappa shape index (κ3) is 4.53. The number of nitrogens with zero attached hydrogens (tertiary/aromatic N) is 1. The van der Waals surface area contributed by atoms with Crippen molar-refractivity contribution in [3.05, 3.63) is 56.8 Å². The average molecular weight is 436 g/mol. The summed E-state index contributed by atoms with van der Waals surface area (Å²) in [6.07, 6.45) is 1.53. The van der Waals surface area contributed by atoms with Crippen molar-refractivity contribution in [2.24, 2.45) is 0 Å². The monoisotopic (exact) mass is 435 g/mol. The van der Waals surface area contributed by atoms with Crippen molar-refractivity contribution in [2.75, 3.05) is 11.9 Å². The minimum atomic E-state index is -0.303. The summed E-state index contributed by atoms with van der Waals surface area (Å²) in [6, 6.07) is 9.48. The Kier molecular flexibility index (Phi) is 5.62. The number of thiazole rings is 1. The maximum atomic E-state index is 12.2. The van der Waals surface area contributed by atoms with Crippen LogP contribution in [0.15, 0.2) is 46.4 Å². The molecule has 0 aliphatic rings. The maximum absolute atomic E-state index is 12.2. The number of carbonyl (C=O) groups excluding carboxylic acids is 2. The molecule has 8 heteroatoms. The number of benzene rings is 1. The minimum Gasteiger partial charge on any atom is -0.342 e. The summed E-state index contributed by atoms with van der Waals surface area (Å²) < 4.78 is 0.947. The zero-order valence-corrected chi connectivity index (χ0v) is 16.4. The van der Waals surface area contributed by atoms with Gasteiger partial charge in [0.05, 0.1) is 17.6 Å². The van der Waals surface area contributed by atoms with E-state index >= 15 is 0 Å². The van der Waals surface area contributed by atoms with Gasteiger partial charge in [-0.25, -0.2) is 4.98 Å². The molecule has 0 radical (unpaired) electrons.